The van der Waals surface area contributed by atoms with Gasteiger partial charge in [-0.25, -0.2) is 0 Å². The molecule has 0 amide bonds. The van der Waals surface area contributed by atoms with Crippen LogP contribution in [-0.2, 0) is 4.79 Å². The van der Waals surface area contributed by atoms with E-state index in [1.54, 1.807) is 0 Å². The maximum Gasteiger partial charge on any atom is 0.119 e. The second kappa shape index (κ2) is 16.1. The van der Waals surface area contributed by atoms with Crippen LogP contribution in [0.1, 0.15) is 77.6 Å². The van der Waals surface area contributed by atoms with E-state index in [-0.39, 0.29) is 0 Å². The van der Waals surface area contributed by atoms with Crippen LogP contribution < -0.4 is 0 Å². The summed E-state index contributed by atoms with van der Waals surface area (Å²) >= 11 is 0. The highest BCUT2D eigenvalue weighted by Crippen LogP contribution is 2.07. The SMILES string of the molecule is CCCCC=CCC=CCCCCCCCC=O. The van der Waals surface area contributed by atoms with E-state index in [1.165, 1.54) is 51.4 Å². The van der Waals surface area contributed by atoms with Crippen LogP contribution in [-0.4, -0.2) is 6.29 Å². The summed E-state index contributed by atoms with van der Waals surface area (Å²) in [4.78, 5) is 10.1. The second-order valence-corrected chi connectivity index (χ2v) is 4.83. The van der Waals surface area contributed by atoms with Crippen molar-refractivity contribution in [1.82, 2.24) is 0 Å². The van der Waals surface area contributed by atoms with Crippen molar-refractivity contribution in [2.75, 3.05) is 0 Å². The largest absolute Gasteiger partial charge is 0.303 e. The molecule has 0 fully saturated rings. The molecule has 0 radical (unpaired) electrons. The van der Waals surface area contributed by atoms with E-state index >= 15 is 0 Å². The molecule has 0 N–H and O–H groups in total. The third-order valence-electron chi connectivity index (χ3n) is 3.02. The first kappa shape index (κ1) is 17.2. The van der Waals surface area contributed by atoms with Gasteiger partial charge >= 0.3 is 0 Å². The lowest BCUT2D eigenvalue weighted by Crippen LogP contribution is -1.80. The molecule has 18 heavy (non-hydrogen) atoms. The van der Waals surface area contributed by atoms with Crippen molar-refractivity contribution in [2.24, 2.45) is 0 Å². The average Bonchev–Trinajstić information content (AvgIpc) is 2.39. The van der Waals surface area contributed by atoms with Crippen molar-refractivity contribution in [2.45, 2.75) is 77.6 Å². The predicted molar refractivity (Wildman–Crippen MR) is 80.8 cm³/mol. The molecule has 0 aliphatic carbocycles. The molecule has 0 rings (SSSR count). The zero-order valence-corrected chi connectivity index (χ0v) is 12.1. The van der Waals surface area contributed by atoms with Crippen LogP contribution in [0.2, 0.25) is 0 Å². The summed E-state index contributed by atoms with van der Waals surface area (Å²) in [7, 11) is 0. The molecule has 0 saturated carbocycles. The van der Waals surface area contributed by atoms with Gasteiger partial charge in [-0.05, 0) is 32.1 Å². The van der Waals surface area contributed by atoms with Gasteiger partial charge in [0.05, 0.1) is 0 Å². The number of hydrogen-bond acceptors (Lipinski definition) is 1. The van der Waals surface area contributed by atoms with E-state index in [4.69, 9.17) is 0 Å². The standard InChI is InChI=1S/C17H30O/c1-2-3-4-5-6-7-8-9-10-11-12-13-14-15-16-17-18/h5-6,8-9,17H,2-4,7,10-16H2,1H3. The van der Waals surface area contributed by atoms with Crippen LogP contribution in [0, 0.1) is 0 Å². The lowest BCUT2D eigenvalue weighted by Gasteiger charge is -1.97. The molecule has 0 aliphatic rings. The minimum atomic E-state index is 0.740. The van der Waals surface area contributed by atoms with Crippen LogP contribution in [0.15, 0.2) is 24.3 Å². The third kappa shape index (κ3) is 15.1. The lowest BCUT2D eigenvalue weighted by molar-refractivity contribution is -0.107. The molecular formula is C17H30O. The zero-order chi connectivity index (χ0) is 13.3. The van der Waals surface area contributed by atoms with Crippen LogP contribution in [0.5, 0.6) is 0 Å². The van der Waals surface area contributed by atoms with Crippen molar-refractivity contribution in [3.05, 3.63) is 24.3 Å². The number of rotatable bonds is 13. The normalized spacial score (nSPS) is 11.6. The number of carbonyl (C=O) groups is 1. The fourth-order valence-electron chi connectivity index (χ4n) is 1.85. The number of aldehydes is 1. The Bertz CT molecular complexity index is 216. The molecule has 0 heterocycles. The highest BCUT2D eigenvalue weighted by Gasteiger charge is 1.89. The van der Waals surface area contributed by atoms with Crippen molar-refractivity contribution < 1.29 is 4.79 Å². The highest BCUT2D eigenvalue weighted by atomic mass is 16.1. The molecule has 0 unspecified atom stereocenters. The van der Waals surface area contributed by atoms with Crippen molar-refractivity contribution in [1.29, 1.82) is 0 Å². The van der Waals surface area contributed by atoms with Gasteiger partial charge in [-0.2, -0.15) is 0 Å². The van der Waals surface area contributed by atoms with Crippen molar-refractivity contribution in [3.8, 4) is 0 Å². The minimum absolute atomic E-state index is 0.740. The van der Waals surface area contributed by atoms with Crippen LogP contribution >= 0.6 is 0 Å². The van der Waals surface area contributed by atoms with E-state index in [0.717, 1.165) is 25.5 Å². The maximum absolute atomic E-state index is 10.1. The Morgan fingerprint density at radius 2 is 1.22 bits per heavy atom. The third-order valence-corrected chi connectivity index (χ3v) is 3.02. The molecule has 0 aromatic carbocycles. The Labute approximate surface area is 113 Å². The second-order valence-electron chi connectivity index (χ2n) is 4.83. The summed E-state index contributed by atoms with van der Waals surface area (Å²) < 4.78 is 0. The minimum Gasteiger partial charge on any atom is -0.303 e. The molecule has 104 valence electrons. The van der Waals surface area contributed by atoms with Gasteiger partial charge < -0.3 is 4.79 Å². The van der Waals surface area contributed by atoms with Crippen LogP contribution in [0.3, 0.4) is 0 Å². The van der Waals surface area contributed by atoms with Gasteiger partial charge in [-0.3, -0.25) is 0 Å². The molecule has 0 atom stereocenters. The van der Waals surface area contributed by atoms with E-state index in [1.807, 2.05) is 0 Å². The molecular weight excluding hydrogens is 220 g/mol. The number of hydrogen-bond donors (Lipinski definition) is 0. The maximum atomic E-state index is 10.1. The van der Waals surface area contributed by atoms with Crippen molar-refractivity contribution >= 4 is 6.29 Å². The summed E-state index contributed by atoms with van der Waals surface area (Å²) in [5.41, 5.74) is 0. The first-order chi connectivity index (χ1) is 8.91. The average molecular weight is 250 g/mol. The number of allylic oxidation sites excluding steroid dienone is 4. The van der Waals surface area contributed by atoms with Crippen LogP contribution in [0.25, 0.3) is 0 Å². The van der Waals surface area contributed by atoms with Gasteiger partial charge in [0.25, 0.3) is 0 Å². The molecule has 0 bridgehead atoms. The lowest BCUT2D eigenvalue weighted by atomic mass is 10.1. The molecule has 0 aliphatic heterocycles. The van der Waals surface area contributed by atoms with Crippen LogP contribution in [0.4, 0.5) is 0 Å². The Morgan fingerprint density at radius 1 is 0.667 bits per heavy atom. The van der Waals surface area contributed by atoms with Gasteiger partial charge in [-0.15, -0.1) is 0 Å². The van der Waals surface area contributed by atoms with Gasteiger partial charge in [0, 0.05) is 6.42 Å². The Balaban J connectivity index is 3.13. The predicted octanol–water partition coefficient (Wildman–Crippen LogP) is 5.61. The molecule has 0 aromatic heterocycles. The Morgan fingerprint density at radius 3 is 1.83 bits per heavy atom. The summed E-state index contributed by atoms with van der Waals surface area (Å²) in [6, 6.07) is 0. The van der Waals surface area contributed by atoms with E-state index in [0.29, 0.717) is 0 Å². The van der Waals surface area contributed by atoms with Gasteiger partial charge in [0.1, 0.15) is 6.29 Å². The fourth-order valence-corrected chi connectivity index (χ4v) is 1.85. The fraction of sp³-hybridized carbons (Fsp3) is 0.706. The summed E-state index contributed by atoms with van der Waals surface area (Å²) in [6.07, 6.45) is 23.2. The first-order valence-electron chi connectivity index (χ1n) is 7.65. The first-order valence-corrected chi connectivity index (χ1v) is 7.65. The summed E-state index contributed by atoms with van der Waals surface area (Å²) in [5, 5.41) is 0. The monoisotopic (exact) mass is 250 g/mol. The smallest absolute Gasteiger partial charge is 0.119 e. The van der Waals surface area contributed by atoms with Gasteiger partial charge in [0.2, 0.25) is 0 Å². The Kier molecular flexibility index (Phi) is 15.4. The quantitative estimate of drug-likeness (QED) is 0.236. The summed E-state index contributed by atoms with van der Waals surface area (Å²) in [6.45, 7) is 2.23. The topological polar surface area (TPSA) is 17.1 Å². The summed E-state index contributed by atoms with van der Waals surface area (Å²) in [5.74, 6) is 0. The van der Waals surface area contributed by atoms with E-state index < -0.39 is 0 Å². The molecule has 1 heteroatoms. The van der Waals surface area contributed by atoms with Crippen molar-refractivity contribution in [3.63, 3.8) is 0 Å². The highest BCUT2D eigenvalue weighted by molar-refractivity contribution is 5.48. The molecule has 0 aromatic rings. The van der Waals surface area contributed by atoms with E-state index in [2.05, 4.69) is 31.2 Å². The zero-order valence-electron chi connectivity index (χ0n) is 12.1. The number of carbonyl (C=O) groups excluding carboxylic acids is 1. The molecule has 1 nitrogen and oxygen atoms in total. The van der Waals surface area contributed by atoms with E-state index in [9.17, 15) is 4.79 Å². The molecule has 0 saturated heterocycles. The van der Waals surface area contributed by atoms with Gasteiger partial charge in [-0.1, -0.05) is 63.3 Å². The number of unbranched alkanes of at least 4 members (excludes halogenated alkanes) is 8. The Hall–Kier alpha value is -0.850. The van der Waals surface area contributed by atoms with Gasteiger partial charge in [0.15, 0.2) is 0 Å². The molecule has 0 spiro atoms.